The molecule has 3 heterocycles. The minimum absolute atomic E-state index is 0.0666. The molecule has 2 aliphatic rings. The highest BCUT2D eigenvalue weighted by atomic mass is 35.5. The van der Waals surface area contributed by atoms with Gasteiger partial charge in [0.1, 0.15) is 5.69 Å². The predicted molar refractivity (Wildman–Crippen MR) is 128 cm³/mol. The van der Waals surface area contributed by atoms with E-state index in [2.05, 4.69) is 15.4 Å². The van der Waals surface area contributed by atoms with Crippen LogP contribution in [0, 0.1) is 18.8 Å². The van der Waals surface area contributed by atoms with Crippen molar-refractivity contribution in [3.63, 3.8) is 0 Å². The van der Waals surface area contributed by atoms with Crippen LogP contribution in [0.5, 0.6) is 0 Å². The lowest BCUT2D eigenvalue weighted by molar-refractivity contribution is 0.0690. The number of halogens is 1. The van der Waals surface area contributed by atoms with Gasteiger partial charge < -0.3 is 16.0 Å². The second-order valence-electron chi connectivity index (χ2n) is 8.62. The van der Waals surface area contributed by atoms with Crippen LogP contribution in [0.3, 0.4) is 0 Å². The van der Waals surface area contributed by atoms with Crippen molar-refractivity contribution >= 4 is 39.9 Å². The van der Waals surface area contributed by atoms with Gasteiger partial charge in [0, 0.05) is 30.9 Å². The third-order valence-electron chi connectivity index (χ3n) is 6.48. The van der Waals surface area contributed by atoms with Crippen LogP contribution in [0.25, 0.3) is 10.4 Å². The molecule has 3 N–H and O–H groups in total. The summed E-state index contributed by atoms with van der Waals surface area (Å²) in [7, 11) is 0. The van der Waals surface area contributed by atoms with Crippen LogP contribution in [0.4, 0.5) is 5.13 Å². The molecule has 0 unspecified atom stereocenters. The zero-order chi connectivity index (χ0) is 23.3. The number of aromatic nitrogens is 3. The largest absolute Gasteiger partial charge is 0.375 e. The lowest BCUT2D eigenvalue weighted by atomic mass is 10.1. The van der Waals surface area contributed by atoms with Crippen LogP contribution in [0.2, 0.25) is 5.02 Å². The summed E-state index contributed by atoms with van der Waals surface area (Å²) in [4.78, 5) is 33.3. The third-order valence-corrected chi connectivity index (χ3v) is 7.65. The number of nitrogen functional groups attached to an aromatic ring is 1. The predicted octanol–water partition coefficient (Wildman–Crippen LogP) is 3.46. The first kappa shape index (κ1) is 21.9. The van der Waals surface area contributed by atoms with Gasteiger partial charge in [-0.15, -0.1) is 0 Å². The number of thiazole rings is 1. The lowest BCUT2D eigenvalue weighted by Gasteiger charge is -2.27. The van der Waals surface area contributed by atoms with E-state index in [4.69, 9.17) is 17.3 Å². The molecule has 3 atom stereocenters. The Kier molecular flexibility index (Phi) is 5.62. The summed E-state index contributed by atoms with van der Waals surface area (Å²) in [6.45, 7) is 5.58. The molecule has 1 saturated heterocycles. The third kappa shape index (κ3) is 4.11. The number of piperidine rings is 1. The number of amides is 2. The van der Waals surface area contributed by atoms with Gasteiger partial charge in [-0.1, -0.05) is 35.1 Å². The number of hydrogen-bond acceptors (Lipinski definition) is 6. The molecule has 0 bridgehead atoms. The van der Waals surface area contributed by atoms with Crippen LogP contribution in [0.15, 0.2) is 30.5 Å². The van der Waals surface area contributed by atoms with Crippen LogP contribution >= 0.6 is 22.9 Å². The molecule has 2 aromatic heterocycles. The second-order valence-corrected chi connectivity index (χ2v) is 10.1. The Labute approximate surface area is 200 Å². The minimum atomic E-state index is -0.166. The monoisotopic (exact) mass is 484 g/mol. The van der Waals surface area contributed by atoms with Gasteiger partial charge in [-0.2, -0.15) is 5.10 Å². The molecule has 10 heteroatoms. The Morgan fingerprint density at radius 3 is 2.91 bits per heavy atom. The van der Waals surface area contributed by atoms with Gasteiger partial charge in [0.05, 0.1) is 22.2 Å². The average Bonchev–Trinajstić information content (AvgIpc) is 3.11. The van der Waals surface area contributed by atoms with Crippen LogP contribution in [-0.2, 0) is 6.54 Å². The van der Waals surface area contributed by atoms with Crippen LogP contribution in [0.1, 0.15) is 39.9 Å². The van der Waals surface area contributed by atoms with Gasteiger partial charge in [-0.25, -0.2) is 4.98 Å². The first-order chi connectivity index (χ1) is 15.9. The van der Waals surface area contributed by atoms with E-state index >= 15 is 0 Å². The van der Waals surface area contributed by atoms with E-state index in [-0.39, 0.29) is 17.9 Å². The molecule has 3 aromatic rings. The number of nitrogens with two attached hydrogens (primary N) is 1. The Bertz CT molecular complexity index is 1240. The molecule has 5 rings (SSSR count). The average molecular weight is 485 g/mol. The number of nitrogens with zero attached hydrogens (tertiary/aromatic N) is 4. The number of likely N-dealkylation sites (tertiary alicyclic amines) is 1. The summed E-state index contributed by atoms with van der Waals surface area (Å²) < 4.78 is 1.75. The molecule has 33 heavy (non-hydrogen) atoms. The van der Waals surface area contributed by atoms with E-state index in [1.54, 1.807) is 16.9 Å². The molecular weight excluding hydrogens is 460 g/mol. The molecule has 1 aliphatic carbocycles. The van der Waals surface area contributed by atoms with Gasteiger partial charge in [0.25, 0.3) is 11.8 Å². The number of carbonyl (C=O) groups excluding carboxylic acids is 2. The summed E-state index contributed by atoms with van der Waals surface area (Å²) in [5, 5.41) is 8.30. The van der Waals surface area contributed by atoms with Crippen molar-refractivity contribution in [1.29, 1.82) is 0 Å². The van der Waals surface area contributed by atoms with E-state index in [1.807, 2.05) is 36.9 Å². The van der Waals surface area contributed by atoms with Gasteiger partial charge in [0.2, 0.25) is 0 Å². The maximum absolute atomic E-state index is 13.6. The van der Waals surface area contributed by atoms with E-state index in [1.165, 1.54) is 11.3 Å². The molecular formula is C23H25ClN6O2S. The van der Waals surface area contributed by atoms with Crippen molar-refractivity contribution in [1.82, 2.24) is 25.0 Å². The fourth-order valence-electron chi connectivity index (χ4n) is 4.70. The highest BCUT2D eigenvalue weighted by Gasteiger charge is 2.54. The van der Waals surface area contributed by atoms with Crippen molar-refractivity contribution in [2.45, 2.75) is 32.9 Å². The summed E-state index contributed by atoms with van der Waals surface area (Å²) in [6.07, 6.45) is 2.84. The second kappa shape index (κ2) is 8.46. The fraction of sp³-hybridized carbons (Fsp3) is 0.391. The summed E-state index contributed by atoms with van der Waals surface area (Å²) >= 11 is 7.44. The number of hydrogen-bond donors (Lipinski definition) is 2. The summed E-state index contributed by atoms with van der Waals surface area (Å²) in [5.74, 6) is 0.561. The number of rotatable bonds is 6. The molecule has 0 spiro atoms. The smallest absolute Gasteiger partial charge is 0.274 e. The first-order valence-corrected chi connectivity index (χ1v) is 12.2. The van der Waals surface area contributed by atoms with Crippen molar-refractivity contribution in [2.75, 3.05) is 18.8 Å². The number of carbonyl (C=O) groups is 2. The van der Waals surface area contributed by atoms with Crippen molar-refractivity contribution in [3.05, 3.63) is 52.4 Å². The lowest BCUT2D eigenvalue weighted by Crippen LogP contribution is -2.45. The number of fused-ring (bicyclic) bond motifs is 1. The number of benzene rings is 1. The van der Waals surface area contributed by atoms with E-state index in [9.17, 15) is 9.59 Å². The highest BCUT2D eigenvalue weighted by molar-refractivity contribution is 7.19. The maximum atomic E-state index is 13.6. The summed E-state index contributed by atoms with van der Waals surface area (Å²) in [6, 6.07) is 7.27. The van der Waals surface area contributed by atoms with E-state index < -0.39 is 0 Å². The van der Waals surface area contributed by atoms with Crippen molar-refractivity contribution < 1.29 is 9.59 Å². The quantitative estimate of drug-likeness (QED) is 0.557. The van der Waals surface area contributed by atoms with Crippen molar-refractivity contribution in [3.8, 4) is 10.4 Å². The van der Waals surface area contributed by atoms with Gasteiger partial charge >= 0.3 is 0 Å². The molecule has 8 nitrogen and oxygen atoms in total. The molecule has 1 saturated carbocycles. The normalized spacial score (nSPS) is 21.2. The standard InChI is InChI=1S/C23H25ClN6O2S/c1-3-29-11-17(12(2)28-29)21(31)26-9-18-16-8-14(16)10-30(18)22(32)19-20(33-23(25)27-19)13-5-4-6-15(24)7-13/h4-7,11,14,16,18H,3,8-10H2,1-2H3,(H2,25,27)(H,26,31)/t14-,16-,18-/m1/s1. The molecule has 1 aromatic carbocycles. The van der Waals surface area contributed by atoms with Gasteiger partial charge in [-0.05, 0) is 49.8 Å². The van der Waals surface area contributed by atoms with Gasteiger partial charge in [-0.3, -0.25) is 14.3 Å². The molecule has 2 amide bonds. The Hall–Kier alpha value is -2.91. The fourth-order valence-corrected chi connectivity index (χ4v) is 5.72. The molecule has 0 radical (unpaired) electrons. The number of anilines is 1. The first-order valence-electron chi connectivity index (χ1n) is 11.0. The SMILES string of the molecule is CCn1cc(C(=O)NC[C@@H]2[C@@H]3C[C@@H]3CN2C(=O)c2nc(N)sc2-c2cccc(Cl)c2)c(C)n1. The molecule has 172 valence electrons. The zero-order valence-corrected chi connectivity index (χ0v) is 20.0. The Morgan fingerprint density at radius 2 is 2.18 bits per heavy atom. The van der Waals surface area contributed by atoms with Crippen molar-refractivity contribution in [2.24, 2.45) is 11.8 Å². The Morgan fingerprint density at radius 1 is 1.36 bits per heavy atom. The number of aryl methyl sites for hydroxylation is 2. The maximum Gasteiger partial charge on any atom is 0.274 e. The van der Waals surface area contributed by atoms with Crippen LogP contribution in [-0.4, -0.2) is 50.6 Å². The zero-order valence-electron chi connectivity index (χ0n) is 18.4. The minimum Gasteiger partial charge on any atom is -0.375 e. The summed E-state index contributed by atoms with van der Waals surface area (Å²) in [5.41, 5.74) is 8.42. The molecule has 1 aliphatic heterocycles. The molecule has 2 fully saturated rings. The Balaban J connectivity index is 1.35. The topological polar surface area (TPSA) is 106 Å². The van der Waals surface area contributed by atoms with E-state index in [0.717, 1.165) is 12.0 Å². The van der Waals surface area contributed by atoms with Crippen LogP contribution < -0.4 is 11.1 Å². The number of nitrogens with one attached hydrogen (secondary N) is 1. The van der Waals surface area contributed by atoms with Gasteiger partial charge in [0.15, 0.2) is 5.13 Å². The highest BCUT2D eigenvalue weighted by Crippen LogP contribution is 2.50. The van der Waals surface area contributed by atoms with E-state index in [0.29, 0.717) is 63.5 Å².